The van der Waals surface area contributed by atoms with Crippen molar-refractivity contribution in [1.82, 2.24) is 9.78 Å². The maximum Gasteiger partial charge on any atom is 0.342 e. The fraction of sp³-hybridized carbons (Fsp3) is 0.412. The highest BCUT2D eigenvalue weighted by Gasteiger charge is 2.32. The quantitative estimate of drug-likeness (QED) is 0.796. The van der Waals surface area contributed by atoms with Crippen LogP contribution in [0.3, 0.4) is 0 Å². The molecule has 22 heavy (non-hydrogen) atoms. The first-order valence-corrected chi connectivity index (χ1v) is 7.47. The van der Waals surface area contributed by atoms with Crippen molar-refractivity contribution < 1.29 is 14.3 Å². The minimum atomic E-state index is -0.314. The van der Waals surface area contributed by atoms with Gasteiger partial charge in [0.15, 0.2) is 0 Å². The molecule has 5 heteroatoms. The zero-order chi connectivity index (χ0) is 15.7. The third-order valence-electron chi connectivity index (χ3n) is 4.04. The molecule has 1 aromatic heterocycles. The molecule has 0 bridgehead atoms. The van der Waals surface area contributed by atoms with Gasteiger partial charge in [0, 0.05) is 13.0 Å². The number of benzene rings is 1. The Hall–Kier alpha value is -2.30. The van der Waals surface area contributed by atoms with Gasteiger partial charge in [-0.2, -0.15) is 5.10 Å². The fourth-order valence-electron chi connectivity index (χ4n) is 2.61. The Morgan fingerprint density at radius 2 is 2.00 bits per heavy atom. The van der Waals surface area contributed by atoms with E-state index in [-0.39, 0.29) is 12.1 Å². The van der Waals surface area contributed by atoms with Crippen LogP contribution >= 0.6 is 0 Å². The molecule has 1 fully saturated rings. The molecule has 0 aliphatic heterocycles. The molecule has 0 unspecified atom stereocenters. The van der Waals surface area contributed by atoms with E-state index >= 15 is 0 Å². The van der Waals surface area contributed by atoms with Crippen LogP contribution in [0.25, 0.3) is 0 Å². The summed E-state index contributed by atoms with van der Waals surface area (Å²) >= 11 is 0. The molecule has 3 rings (SSSR count). The lowest BCUT2D eigenvalue weighted by Crippen LogP contribution is -2.11. The second-order valence-electron chi connectivity index (χ2n) is 5.66. The number of esters is 1. The van der Waals surface area contributed by atoms with E-state index in [1.165, 1.54) is 0 Å². The van der Waals surface area contributed by atoms with E-state index in [9.17, 15) is 4.79 Å². The number of hydrogen-bond donors (Lipinski definition) is 0. The average molecular weight is 300 g/mol. The Kier molecular flexibility index (Phi) is 3.88. The summed E-state index contributed by atoms with van der Waals surface area (Å²) < 4.78 is 12.5. The first-order valence-electron chi connectivity index (χ1n) is 7.47. The van der Waals surface area contributed by atoms with Gasteiger partial charge in [-0.3, -0.25) is 4.68 Å². The van der Waals surface area contributed by atoms with E-state index in [1.807, 2.05) is 38.2 Å². The van der Waals surface area contributed by atoms with Gasteiger partial charge in [-0.25, -0.2) is 4.79 Å². The predicted octanol–water partition coefficient (Wildman–Crippen LogP) is 3.22. The van der Waals surface area contributed by atoms with E-state index in [1.54, 1.807) is 18.0 Å². The van der Waals surface area contributed by atoms with Crippen molar-refractivity contribution in [3.63, 3.8) is 0 Å². The lowest BCUT2D eigenvalue weighted by molar-refractivity contribution is 0.0336. The van der Waals surface area contributed by atoms with E-state index in [0.717, 1.165) is 29.8 Å². The maximum absolute atomic E-state index is 12.4. The third-order valence-corrected chi connectivity index (χ3v) is 4.04. The van der Waals surface area contributed by atoms with Crippen molar-refractivity contribution in [3.05, 3.63) is 47.3 Å². The summed E-state index contributed by atoms with van der Waals surface area (Å²) in [5.74, 6) is 0.926. The predicted molar refractivity (Wildman–Crippen MR) is 82.0 cm³/mol. The van der Waals surface area contributed by atoms with E-state index < -0.39 is 0 Å². The van der Waals surface area contributed by atoms with Gasteiger partial charge in [0.1, 0.15) is 17.4 Å². The molecule has 2 aromatic rings. The molecular weight excluding hydrogens is 280 g/mol. The number of nitrogens with zero attached hydrogens (tertiary/aromatic N) is 2. The molecule has 1 saturated carbocycles. The lowest BCUT2D eigenvalue weighted by Gasteiger charge is -2.14. The number of ether oxygens (including phenoxy) is 2. The number of rotatable bonds is 5. The van der Waals surface area contributed by atoms with Crippen LogP contribution in [0.4, 0.5) is 0 Å². The average Bonchev–Trinajstić information content (AvgIpc) is 3.29. The highest BCUT2D eigenvalue weighted by molar-refractivity contribution is 5.91. The molecule has 0 amide bonds. The first kappa shape index (κ1) is 14.6. The van der Waals surface area contributed by atoms with Crippen molar-refractivity contribution in [2.75, 3.05) is 7.11 Å². The summed E-state index contributed by atoms with van der Waals surface area (Å²) in [5, 5.41) is 4.20. The SMILES string of the molecule is COc1ccc([C@H](C)OC(=O)c2cnn(C)c2C2CC2)cc1. The zero-order valence-electron chi connectivity index (χ0n) is 13.1. The summed E-state index contributed by atoms with van der Waals surface area (Å²) in [5.41, 5.74) is 2.52. The Bertz CT molecular complexity index is 672. The van der Waals surface area contributed by atoms with Crippen LogP contribution in [0.1, 0.15) is 53.4 Å². The van der Waals surface area contributed by atoms with Crippen molar-refractivity contribution >= 4 is 5.97 Å². The topological polar surface area (TPSA) is 53.4 Å². The Morgan fingerprint density at radius 3 is 2.59 bits per heavy atom. The fourth-order valence-corrected chi connectivity index (χ4v) is 2.61. The van der Waals surface area contributed by atoms with Crippen LogP contribution in [0.15, 0.2) is 30.5 Å². The molecule has 5 nitrogen and oxygen atoms in total. The third kappa shape index (κ3) is 2.84. The highest BCUT2D eigenvalue weighted by atomic mass is 16.5. The van der Waals surface area contributed by atoms with E-state index in [2.05, 4.69) is 5.10 Å². The van der Waals surface area contributed by atoms with Crippen LogP contribution in [0, 0.1) is 0 Å². The summed E-state index contributed by atoms with van der Waals surface area (Å²) in [6.45, 7) is 1.87. The molecule has 1 atom stereocenters. The van der Waals surface area contributed by atoms with Crippen molar-refractivity contribution in [2.24, 2.45) is 7.05 Å². The first-order chi connectivity index (χ1) is 10.6. The summed E-state index contributed by atoms with van der Waals surface area (Å²) in [7, 11) is 3.50. The smallest absolute Gasteiger partial charge is 0.342 e. The van der Waals surface area contributed by atoms with Crippen molar-refractivity contribution in [2.45, 2.75) is 31.8 Å². The number of aryl methyl sites for hydroxylation is 1. The number of aromatic nitrogens is 2. The molecule has 0 radical (unpaired) electrons. The van der Waals surface area contributed by atoms with Gasteiger partial charge < -0.3 is 9.47 Å². The lowest BCUT2D eigenvalue weighted by atomic mass is 10.1. The largest absolute Gasteiger partial charge is 0.497 e. The van der Waals surface area contributed by atoms with Crippen molar-refractivity contribution in [1.29, 1.82) is 0 Å². The number of carbonyl (C=O) groups excluding carboxylic acids is 1. The van der Waals surface area contributed by atoms with Crippen LogP contribution in [-0.4, -0.2) is 22.9 Å². The summed E-state index contributed by atoms with van der Waals surface area (Å²) in [6.07, 6.45) is 3.53. The van der Waals surface area contributed by atoms with Crippen molar-refractivity contribution in [3.8, 4) is 5.75 Å². The Balaban J connectivity index is 1.73. The number of methoxy groups -OCH3 is 1. The second kappa shape index (κ2) is 5.83. The van der Waals surface area contributed by atoms with Gasteiger partial charge in [0.2, 0.25) is 0 Å². The Labute approximate surface area is 129 Å². The van der Waals surface area contributed by atoms with Gasteiger partial charge in [-0.15, -0.1) is 0 Å². The normalized spacial score (nSPS) is 15.4. The molecular formula is C17H20N2O3. The maximum atomic E-state index is 12.4. The molecule has 1 aliphatic rings. The molecule has 116 valence electrons. The minimum absolute atomic E-state index is 0.307. The minimum Gasteiger partial charge on any atom is -0.497 e. The van der Waals surface area contributed by atoms with Gasteiger partial charge in [-0.1, -0.05) is 12.1 Å². The van der Waals surface area contributed by atoms with Crippen LogP contribution in [-0.2, 0) is 11.8 Å². The molecule has 0 N–H and O–H groups in total. The van der Waals surface area contributed by atoms with E-state index in [0.29, 0.717) is 11.5 Å². The monoisotopic (exact) mass is 300 g/mol. The molecule has 1 aliphatic carbocycles. The molecule has 0 saturated heterocycles. The van der Waals surface area contributed by atoms with Crippen LogP contribution < -0.4 is 4.74 Å². The van der Waals surface area contributed by atoms with Gasteiger partial charge in [0.25, 0.3) is 0 Å². The second-order valence-corrected chi connectivity index (χ2v) is 5.66. The van der Waals surface area contributed by atoms with Gasteiger partial charge in [-0.05, 0) is 37.5 Å². The molecule has 1 heterocycles. The zero-order valence-corrected chi connectivity index (χ0v) is 13.1. The van der Waals surface area contributed by atoms with E-state index in [4.69, 9.17) is 9.47 Å². The highest BCUT2D eigenvalue weighted by Crippen LogP contribution is 2.41. The van der Waals surface area contributed by atoms with Crippen LogP contribution in [0.2, 0.25) is 0 Å². The standard InChI is InChI=1S/C17H20N2O3/c1-11(12-6-8-14(21-3)9-7-12)22-17(20)15-10-18-19(2)16(15)13-4-5-13/h6-11,13H,4-5H2,1-3H3/t11-/m0/s1. The van der Waals surface area contributed by atoms with Crippen LogP contribution in [0.5, 0.6) is 5.75 Å². The Morgan fingerprint density at radius 1 is 1.32 bits per heavy atom. The summed E-state index contributed by atoms with van der Waals surface area (Å²) in [4.78, 5) is 12.4. The van der Waals surface area contributed by atoms with Gasteiger partial charge >= 0.3 is 5.97 Å². The summed E-state index contributed by atoms with van der Waals surface area (Å²) in [6, 6.07) is 7.53. The number of carbonyl (C=O) groups is 1. The van der Waals surface area contributed by atoms with Gasteiger partial charge in [0.05, 0.1) is 19.0 Å². The molecule has 0 spiro atoms. The number of hydrogen-bond acceptors (Lipinski definition) is 4. The molecule has 1 aromatic carbocycles.